The predicted molar refractivity (Wildman–Crippen MR) is 136 cm³/mol. The highest BCUT2D eigenvalue weighted by molar-refractivity contribution is 7.90. The number of benzene rings is 1. The van der Waals surface area contributed by atoms with Crippen LogP contribution in [0.3, 0.4) is 0 Å². The molecule has 0 aliphatic rings. The van der Waals surface area contributed by atoms with E-state index in [4.69, 9.17) is 16.3 Å². The average molecular weight is 575 g/mol. The molecule has 200 valence electrons. The van der Waals surface area contributed by atoms with Gasteiger partial charge in [0.25, 0.3) is 15.9 Å². The van der Waals surface area contributed by atoms with E-state index in [9.17, 15) is 26.4 Å². The lowest BCUT2D eigenvalue weighted by Crippen LogP contribution is -2.37. The Hall–Kier alpha value is -2.90. The molecule has 0 atom stereocenters. The molecule has 0 unspecified atom stereocenters. The molecule has 0 aliphatic carbocycles. The summed E-state index contributed by atoms with van der Waals surface area (Å²) >= 11 is 6.14. The molecular weight excluding hydrogens is 549 g/mol. The van der Waals surface area contributed by atoms with Gasteiger partial charge in [-0.3, -0.25) is 4.79 Å². The van der Waals surface area contributed by atoms with Gasteiger partial charge in [0.05, 0.1) is 23.9 Å². The third kappa shape index (κ3) is 6.70. The molecule has 8 nitrogen and oxygen atoms in total. The Kier molecular flexibility index (Phi) is 7.83. The Morgan fingerprint density at radius 3 is 2.24 bits per heavy atom. The summed E-state index contributed by atoms with van der Waals surface area (Å²) < 4.78 is 72.8. The lowest BCUT2D eigenvalue weighted by molar-refractivity contribution is -0.219. The van der Waals surface area contributed by atoms with Crippen LogP contribution in [0.4, 0.5) is 13.2 Å². The molecule has 0 saturated carbocycles. The quantitative estimate of drug-likeness (QED) is 0.313. The number of hydrogen-bond acceptors (Lipinski definition) is 6. The molecule has 0 fully saturated rings. The van der Waals surface area contributed by atoms with E-state index in [-0.39, 0.29) is 27.3 Å². The van der Waals surface area contributed by atoms with Crippen molar-refractivity contribution < 1.29 is 31.1 Å². The number of ether oxygens (including phenoxy) is 1. The second-order valence-electron chi connectivity index (χ2n) is 9.99. The van der Waals surface area contributed by atoms with Crippen LogP contribution in [0.5, 0.6) is 5.88 Å². The number of nitrogens with one attached hydrogen (secondary N) is 1. The lowest BCUT2D eigenvalue weighted by atomic mass is 9.94. The van der Waals surface area contributed by atoms with Crippen molar-refractivity contribution in [2.75, 3.05) is 6.61 Å². The molecule has 14 heteroatoms. The van der Waals surface area contributed by atoms with Crippen molar-refractivity contribution in [3.05, 3.63) is 59.4 Å². The summed E-state index contributed by atoms with van der Waals surface area (Å²) in [4.78, 5) is 16.6. The van der Waals surface area contributed by atoms with Crippen molar-refractivity contribution >= 4 is 40.8 Å². The number of halogens is 4. The molecular formula is C23H26ClF3N4O4SSi. The summed E-state index contributed by atoms with van der Waals surface area (Å²) in [6.07, 6.45) is -3.06. The maximum absolute atomic E-state index is 13.0. The number of alkyl halides is 3. The molecule has 1 amide bonds. The van der Waals surface area contributed by atoms with Crippen LogP contribution in [0.15, 0.2) is 53.6 Å². The number of hydrogen-bond donors (Lipinski definition) is 1. The fourth-order valence-corrected chi connectivity index (χ4v) is 5.31. The number of aromatic nitrogens is 3. The lowest BCUT2D eigenvalue weighted by Gasteiger charge is -2.26. The number of rotatable bonds is 8. The third-order valence-corrected chi connectivity index (χ3v) is 9.18. The molecule has 0 bridgehead atoms. The van der Waals surface area contributed by atoms with E-state index >= 15 is 0 Å². The minimum Gasteiger partial charge on any atom is -0.476 e. The van der Waals surface area contributed by atoms with Crippen LogP contribution in [0.1, 0.15) is 24.2 Å². The molecule has 3 aromatic rings. The summed E-state index contributed by atoms with van der Waals surface area (Å²) in [5.74, 6) is -0.906. The summed E-state index contributed by atoms with van der Waals surface area (Å²) in [5.41, 5.74) is -2.27. The van der Waals surface area contributed by atoms with Crippen LogP contribution in [0.25, 0.3) is 5.82 Å². The van der Waals surface area contributed by atoms with Gasteiger partial charge in [0, 0.05) is 12.3 Å². The monoisotopic (exact) mass is 574 g/mol. The van der Waals surface area contributed by atoms with Crippen molar-refractivity contribution in [3.63, 3.8) is 0 Å². The molecule has 0 radical (unpaired) electrons. The van der Waals surface area contributed by atoms with E-state index in [0.717, 1.165) is 19.0 Å². The van der Waals surface area contributed by atoms with Gasteiger partial charge in [-0.2, -0.15) is 13.2 Å². The molecule has 0 spiro atoms. The second kappa shape index (κ2) is 10.1. The van der Waals surface area contributed by atoms with Crippen molar-refractivity contribution in [1.82, 2.24) is 19.5 Å². The Balaban J connectivity index is 1.72. The number of sulfonamides is 1. The van der Waals surface area contributed by atoms with Gasteiger partial charge in [-0.15, -0.1) is 5.10 Å². The molecule has 3 rings (SSSR count). The van der Waals surface area contributed by atoms with Crippen LogP contribution >= 0.6 is 11.6 Å². The minimum absolute atomic E-state index is 0.0664. The first-order valence-electron chi connectivity index (χ1n) is 11.0. The van der Waals surface area contributed by atoms with Crippen molar-refractivity contribution in [3.8, 4) is 11.7 Å². The molecule has 2 heterocycles. The first kappa shape index (κ1) is 28.7. The van der Waals surface area contributed by atoms with E-state index in [0.29, 0.717) is 0 Å². The fourth-order valence-electron chi connectivity index (χ4n) is 2.94. The maximum Gasteiger partial charge on any atom is 0.397 e. The predicted octanol–water partition coefficient (Wildman–Crippen LogP) is 4.55. The summed E-state index contributed by atoms with van der Waals surface area (Å²) in [7, 11) is -5.79. The van der Waals surface area contributed by atoms with E-state index in [1.807, 2.05) is 4.72 Å². The van der Waals surface area contributed by atoms with Crippen molar-refractivity contribution in [2.24, 2.45) is 5.41 Å². The van der Waals surface area contributed by atoms with Crippen molar-refractivity contribution in [1.29, 1.82) is 0 Å². The highest BCUT2D eigenvalue weighted by Gasteiger charge is 2.48. The zero-order valence-electron chi connectivity index (χ0n) is 20.7. The Morgan fingerprint density at radius 1 is 1.08 bits per heavy atom. The second-order valence-corrected chi connectivity index (χ2v) is 17.1. The molecule has 2 aromatic heterocycles. The SMILES string of the molecule is CC(C)(COc1ccn(-c2ccc(C(=O)NS(=O)(=O)c3ccc([Si](C)(C)C)cc3)c(Cl)n2)n1)C(F)(F)F. The number of carbonyl (C=O) groups is 1. The highest BCUT2D eigenvalue weighted by atomic mass is 35.5. The van der Waals surface area contributed by atoms with Gasteiger partial charge in [-0.05, 0) is 38.1 Å². The Morgan fingerprint density at radius 2 is 1.70 bits per heavy atom. The molecule has 0 saturated heterocycles. The molecule has 1 N–H and O–H groups in total. The van der Waals surface area contributed by atoms with E-state index in [1.165, 1.54) is 41.2 Å². The number of nitrogens with zero attached hydrogens (tertiary/aromatic N) is 3. The largest absolute Gasteiger partial charge is 0.476 e. The van der Waals surface area contributed by atoms with E-state index in [1.54, 1.807) is 12.1 Å². The Labute approximate surface area is 218 Å². The van der Waals surface area contributed by atoms with Crippen LogP contribution in [0, 0.1) is 5.41 Å². The van der Waals surface area contributed by atoms with E-state index in [2.05, 4.69) is 29.7 Å². The first-order valence-corrected chi connectivity index (χ1v) is 16.4. The van der Waals surface area contributed by atoms with Crippen LogP contribution < -0.4 is 14.6 Å². The minimum atomic E-state index is -4.45. The van der Waals surface area contributed by atoms with Crippen LogP contribution in [0.2, 0.25) is 24.8 Å². The molecule has 37 heavy (non-hydrogen) atoms. The number of carbonyl (C=O) groups excluding carboxylic acids is 1. The van der Waals surface area contributed by atoms with Crippen LogP contribution in [-0.2, 0) is 10.0 Å². The highest BCUT2D eigenvalue weighted by Crippen LogP contribution is 2.37. The number of pyridine rings is 1. The normalized spacial score (nSPS) is 12.9. The first-order chi connectivity index (χ1) is 16.9. The standard InChI is InChI=1S/C23H26ClF3N4O4SSi/c1-22(2,23(25,26)27)14-35-19-12-13-31(29-19)18-11-10-17(20(24)28-18)21(32)30-36(33,34)15-6-8-16(9-7-15)37(3,4)5/h6-13H,14H2,1-5H3,(H,30,32). The zero-order valence-corrected chi connectivity index (χ0v) is 23.3. The average Bonchev–Trinajstić information content (AvgIpc) is 3.25. The topological polar surface area (TPSA) is 103 Å². The summed E-state index contributed by atoms with van der Waals surface area (Å²) in [5, 5.41) is 4.79. The maximum atomic E-state index is 13.0. The number of amides is 1. The van der Waals surface area contributed by atoms with Gasteiger partial charge in [0.15, 0.2) is 5.82 Å². The zero-order chi connectivity index (χ0) is 27.8. The third-order valence-electron chi connectivity index (χ3n) is 5.48. The van der Waals surface area contributed by atoms with Gasteiger partial charge < -0.3 is 4.74 Å². The van der Waals surface area contributed by atoms with E-state index < -0.39 is 42.2 Å². The molecule has 1 aromatic carbocycles. The van der Waals surface area contributed by atoms with Gasteiger partial charge >= 0.3 is 6.18 Å². The van der Waals surface area contributed by atoms with Gasteiger partial charge in [0.2, 0.25) is 5.88 Å². The van der Waals surface area contributed by atoms with Crippen LogP contribution in [-0.4, -0.2) is 49.9 Å². The molecule has 0 aliphatic heterocycles. The van der Waals surface area contributed by atoms with Gasteiger partial charge in [-0.25, -0.2) is 22.8 Å². The van der Waals surface area contributed by atoms with Gasteiger partial charge in [0.1, 0.15) is 11.8 Å². The van der Waals surface area contributed by atoms with Crippen molar-refractivity contribution in [2.45, 2.75) is 44.6 Å². The Bertz CT molecular complexity index is 1400. The smallest absolute Gasteiger partial charge is 0.397 e. The summed E-state index contributed by atoms with van der Waals surface area (Å²) in [6.45, 7) is 7.76. The summed E-state index contributed by atoms with van der Waals surface area (Å²) in [6, 6.07) is 10.3. The fraction of sp³-hybridized carbons (Fsp3) is 0.348. The van der Waals surface area contributed by atoms with Gasteiger partial charge in [-0.1, -0.05) is 48.6 Å².